The van der Waals surface area contributed by atoms with Crippen LogP contribution in [0.1, 0.15) is 17.0 Å². The van der Waals surface area contributed by atoms with Gasteiger partial charge in [0.15, 0.2) is 0 Å². The summed E-state index contributed by atoms with van der Waals surface area (Å²) in [5.74, 6) is 2.19. The van der Waals surface area contributed by atoms with Gasteiger partial charge in [0.25, 0.3) is 0 Å². The standard InChI is InChI=1S/C20H27N5O3S/c1-16-3-5-18(6-4-16)7-14-29(26,27)22-9-8-21-19-15-20(24-17(2)23-19)25-10-12-28-13-11-25/h3-7,14-15,22H,8-13H2,1-2H3,(H,21,23,24)/b14-7+. The van der Waals surface area contributed by atoms with Crippen LogP contribution in [-0.2, 0) is 14.8 Å². The molecule has 0 unspecified atom stereocenters. The van der Waals surface area contributed by atoms with E-state index in [1.54, 1.807) is 6.08 Å². The molecule has 3 rings (SSSR count). The number of hydrogen-bond donors (Lipinski definition) is 2. The molecule has 156 valence electrons. The summed E-state index contributed by atoms with van der Waals surface area (Å²) < 4.78 is 32.2. The maximum absolute atomic E-state index is 12.1. The van der Waals surface area contributed by atoms with E-state index in [2.05, 4.69) is 24.9 Å². The van der Waals surface area contributed by atoms with Crippen molar-refractivity contribution >= 4 is 27.7 Å². The molecular weight excluding hydrogens is 390 g/mol. The Labute approximate surface area is 172 Å². The Morgan fingerprint density at radius 2 is 1.83 bits per heavy atom. The molecule has 0 bridgehead atoms. The molecule has 9 heteroatoms. The van der Waals surface area contributed by atoms with Gasteiger partial charge in [0.1, 0.15) is 17.5 Å². The van der Waals surface area contributed by atoms with Crippen LogP contribution in [0.4, 0.5) is 11.6 Å². The van der Waals surface area contributed by atoms with Crippen LogP contribution < -0.4 is 14.9 Å². The molecule has 8 nitrogen and oxygen atoms in total. The normalized spacial score (nSPS) is 15.0. The first kappa shape index (κ1) is 21.2. The summed E-state index contributed by atoms with van der Waals surface area (Å²) in [5.41, 5.74) is 1.97. The SMILES string of the molecule is Cc1ccc(/C=C/S(=O)(=O)NCCNc2cc(N3CCOCC3)nc(C)n2)cc1. The molecule has 1 saturated heterocycles. The zero-order chi connectivity index (χ0) is 20.7. The van der Waals surface area contributed by atoms with E-state index in [1.165, 1.54) is 5.41 Å². The summed E-state index contributed by atoms with van der Waals surface area (Å²) in [6.45, 7) is 7.45. The molecule has 1 aliphatic heterocycles. The minimum absolute atomic E-state index is 0.247. The summed E-state index contributed by atoms with van der Waals surface area (Å²) in [6, 6.07) is 9.53. The van der Waals surface area contributed by atoms with Gasteiger partial charge in [-0.2, -0.15) is 0 Å². The van der Waals surface area contributed by atoms with Gasteiger partial charge in [-0.05, 0) is 25.5 Å². The maximum atomic E-state index is 12.1. The smallest absolute Gasteiger partial charge is 0.233 e. The number of aromatic nitrogens is 2. The molecule has 0 saturated carbocycles. The predicted octanol–water partition coefficient (Wildman–Crippen LogP) is 1.93. The molecule has 0 amide bonds. The lowest BCUT2D eigenvalue weighted by molar-refractivity contribution is 0.122. The Morgan fingerprint density at radius 3 is 2.55 bits per heavy atom. The largest absolute Gasteiger partial charge is 0.378 e. The Hall–Kier alpha value is -2.49. The first-order valence-corrected chi connectivity index (χ1v) is 11.1. The van der Waals surface area contributed by atoms with Crippen molar-refractivity contribution in [3.05, 3.63) is 52.7 Å². The average molecular weight is 418 g/mol. The van der Waals surface area contributed by atoms with Gasteiger partial charge in [-0.25, -0.2) is 23.1 Å². The zero-order valence-electron chi connectivity index (χ0n) is 16.8. The molecule has 1 aromatic carbocycles. The summed E-state index contributed by atoms with van der Waals surface area (Å²) in [4.78, 5) is 11.0. The third-order valence-corrected chi connectivity index (χ3v) is 5.51. The Kier molecular flexibility index (Phi) is 7.18. The summed E-state index contributed by atoms with van der Waals surface area (Å²) in [7, 11) is -3.50. The van der Waals surface area contributed by atoms with E-state index in [9.17, 15) is 8.42 Å². The van der Waals surface area contributed by atoms with Gasteiger partial charge < -0.3 is 15.0 Å². The number of rotatable bonds is 8. The molecular formula is C20H27N5O3S. The van der Waals surface area contributed by atoms with Crippen molar-refractivity contribution in [3.8, 4) is 0 Å². The fraction of sp³-hybridized carbons (Fsp3) is 0.400. The van der Waals surface area contributed by atoms with Crippen molar-refractivity contribution in [1.82, 2.24) is 14.7 Å². The van der Waals surface area contributed by atoms with Crippen molar-refractivity contribution in [2.75, 3.05) is 49.6 Å². The molecule has 0 atom stereocenters. The van der Waals surface area contributed by atoms with Gasteiger partial charge in [-0.3, -0.25) is 0 Å². The topological polar surface area (TPSA) is 96.5 Å². The van der Waals surface area contributed by atoms with Crippen molar-refractivity contribution < 1.29 is 13.2 Å². The minimum Gasteiger partial charge on any atom is -0.378 e. The first-order chi connectivity index (χ1) is 13.9. The van der Waals surface area contributed by atoms with Crippen LogP contribution in [0.25, 0.3) is 6.08 Å². The number of ether oxygens (including phenoxy) is 1. The first-order valence-electron chi connectivity index (χ1n) is 9.58. The van der Waals surface area contributed by atoms with Crippen LogP contribution in [0, 0.1) is 13.8 Å². The van der Waals surface area contributed by atoms with Crippen molar-refractivity contribution in [1.29, 1.82) is 0 Å². The third kappa shape index (κ3) is 6.81. The molecule has 29 heavy (non-hydrogen) atoms. The molecule has 0 spiro atoms. The van der Waals surface area contributed by atoms with Gasteiger partial charge >= 0.3 is 0 Å². The highest BCUT2D eigenvalue weighted by Gasteiger charge is 2.14. The van der Waals surface area contributed by atoms with E-state index in [1.807, 2.05) is 44.2 Å². The van der Waals surface area contributed by atoms with E-state index < -0.39 is 10.0 Å². The van der Waals surface area contributed by atoms with E-state index in [-0.39, 0.29) is 6.54 Å². The lowest BCUT2D eigenvalue weighted by Gasteiger charge is -2.28. The number of benzene rings is 1. The summed E-state index contributed by atoms with van der Waals surface area (Å²) in [5, 5.41) is 4.34. The molecule has 2 aromatic rings. The Balaban J connectivity index is 1.50. The van der Waals surface area contributed by atoms with Crippen LogP contribution in [0.3, 0.4) is 0 Å². The number of anilines is 2. The molecule has 0 radical (unpaired) electrons. The van der Waals surface area contributed by atoms with Gasteiger partial charge in [0, 0.05) is 37.7 Å². The molecule has 1 aromatic heterocycles. The molecule has 1 aliphatic rings. The highest BCUT2D eigenvalue weighted by atomic mass is 32.2. The van der Waals surface area contributed by atoms with Crippen molar-refractivity contribution in [2.24, 2.45) is 0 Å². The van der Waals surface area contributed by atoms with Crippen molar-refractivity contribution in [3.63, 3.8) is 0 Å². The molecule has 1 fully saturated rings. The quantitative estimate of drug-likeness (QED) is 0.634. The number of morpholine rings is 1. The van der Waals surface area contributed by atoms with Crippen LogP contribution in [0.15, 0.2) is 35.7 Å². The Morgan fingerprint density at radius 1 is 1.10 bits per heavy atom. The number of nitrogens with one attached hydrogen (secondary N) is 2. The van der Waals surface area contributed by atoms with E-state index >= 15 is 0 Å². The Bertz CT molecular complexity index is 939. The average Bonchev–Trinajstić information content (AvgIpc) is 2.71. The fourth-order valence-electron chi connectivity index (χ4n) is 2.87. The number of hydrogen-bond acceptors (Lipinski definition) is 7. The van der Waals surface area contributed by atoms with Crippen LogP contribution in [0.2, 0.25) is 0 Å². The fourth-order valence-corrected chi connectivity index (χ4v) is 3.69. The second-order valence-corrected chi connectivity index (χ2v) is 8.49. The van der Waals surface area contributed by atoms with E-state index in [0.717, 1.165) is 30.0 Å². The second-order valence-electron chi connectivity index (χ2n) is 6.84. The number of nitrogens with zero attached hydrogens (tertiary/aromatic N) is 3. The lowest BCUT2D eigenvalue weighted by atomic mass is 10.2. The molecule has 2 N–H and O–H groups in total. The molecule has 2 heterocycles. The minimum atomic E-state index is -3.50. The predicted molar refractivity (Wildman–Crippen MR) is 115 cm³/mol. The highest BCUT2D eigenvalue weighted by molar-refractivity contribution is 7.92. The second kappa shape index (κ2) is 9.82. The summed E-state index contributed by atoms with van der Waals surface area (Å²) >= 11 is 0. The van der Waals surface area contributed by atoms with Crippen molar-refractivity contribution in [2.45, 2.75) is 13.8 Å². The van der Waals surface area contributed by atoms with Gasteiger partial charge in [-0.1, -0.05) is 29.8 Å². The van der Waals surface area contributed by atoms with Gasteiger partial charge in [0.05, 0.1) is 13.2 Å². The van der Waals surface area contributed by atoms with E-state index in [0.29, 0.717) is 31.4 Å². The maximum Gasteiger partial charge on any atom is 0.233 e. The van der Waals surface area contributed by atoms with Crippen LogP contribution >= 0.6 is 0 Å². The molecule has 0 aliphatic carbocycles. The highest BCUT2D eigenvalue weighted by Crippen LogP contribution is 2.17. The third-order valence-electron chi connectivity index (χ3n) is 4.41. The number of aryl methyl sites for hydroxylation is 2. The van der Waals surface area contributed by atoms with Gasteiger partial charge in [0.2, 0.25) is 10.0 Å². The van der Waals surface area contributed by atoms with Crippen LogP contribution in [-0.4, -0.2) is 57.8 Å². The monoisotopic (exact) mass is 417 g/mol. The van der Waals surface area contributed by atoms with E-state index in [4.69, 9.17) is 4.74 Å². The zero-order valence-corrected chi connectivity index (χ0v) is 17.6. The van der Waals surface area contributed by atoms with Crippen LogP contribution in [0.5, 0.6) is 0 Å². The lowest BCUT2D eigenvalue weighted by Crippen LogP contribution is -2.37. The van der Waals surface area contributed by atoms with Gasteiger partial charge in [-0.15, -0.1) is 0 Å². The number of sulfonamides is 1. The summed E-state index contributed by atoms with van der Waals surface area (Å²) in [6.07, 6.45) is 1.58.